The third-order valence-corrected chi connectivity index (χ3v) is 2.31. The number of rotatable bonds is 9. The molecule has 1 atom stereocenters. The number of carbonyl (C=O) groups is 1. The molecule has 0 spiro atoms. The molecule has 0 aromatic rings. The van der Waals surface area contributed by atoms with Crippen LogP contribution in [0.4, 0.5) is 0 Å². The molecule has 3 heteroatoms. The zero-order valence-corrected chi connectivity index (χ0v) is 10.1. The topological polar surface area (TPSA) is 52.3 Å². The van der Waals surface area contributed by atoms with Gasteiger partial charge in [-0.3, -0.25) is 4.79 Å². The van der Waals surface area contributed by atoms with Gasteiger partial charge >= 0.3 is 5.97 Å². The lowest BCUT2D eigenvalue weighted by Crippen LogP contribution is -2.17. The highest BCUT2D eigenvalue weighted by Gasteiger charge is 2.03. The molecule has 0 fully saturated rings. The predicted octanol–water partition coefficient (Wildman–Crippen LogP) is 2.63. The molecule has 0 bridgehead atoms. The van der Waals surface area contributed by atoms with Crippen LogP contribution in [0.25, 0.3) is 0 Å². The highest BCUT2D eigenvalue weighted by Crippen LogP contribution is 2.03. The average molecular weight is 215 g/mol. The van der Waals surface area contributed by atoms with Crippen LogP contribution in [0.2, 0.25) is 0 Å². The van der Waals surface area contributed by atoms with Crippen LogP contribution in [-0.4, -0.2) is 18.6 Å². The van der Waals surface area contributed by atoms with E-state index in [2.05, 4.69) is 6.92 Å². The van der Waals surface area contributed by atoms with E-state index in [1.165, 1.54) is 19.3 Å². The third kappa shape index (κ3) is 11.4. The predicted molar refractivity (Wildman–Crippen MR) is 62.6 cm³/mol. The number of carbonyl (C=O) groups excluding carboxylic acids is 1. The molecular weight excluding hydrogens is 190 g/mol. The number of hydrogen-bond donors (Lipinski definition) is 1. The molecule has 0 radical (unpaired) electrons. The second kappa shape index (κ2) is 9.97. The molecule has 90 valence electrons. The smallest absolute Gasteiger partial charge is 0.305 e. The fourth-order valence-corrected chi connectivity index (χ4v) is 1.31. The molecule has 0 saturated heterocycles. The van der Waals surface area contributed by atoms with Gasteiger partial charge in [-0.15, -0.1) is 0 Å². The van der Waals surface area contributed by atoms with Gasteiger partial charge in [0.2, 0.25) is 0 Å². The summed E-state index contributed by atoms with van der Waals surface area (Å²) in [5.41, 5.74) is 5.54. The molecule has 0 rings (SSSR count). The first kappa shape index (κ1) is 14.4. The zero-order chi connectivity index (χ0) is 11.5. The number of esters is 1. The van der Waals surface area contributed by atoms with Crippen LogP contribution >= 0.6 is 0 Å². The minimum Gasteiger partial charge on any atom is -0.466 e. The molecule has 2 N–H and O–H groups in total. The van der Waals surface area contributed by atoms with Gasteiger partial charge in [0, 0.05) is 12.5 Å². The number of ether oxygens (including phenoxy) is 1. The fraction of sp³-hybridized carbons (Fsp3) is 0.917. The third-order valence-electron chi connectivity index (χ3n) is 2.31. The van der Waals surface area contributed by atoms with E-state index in [-0.39, 0.29) is 12.0 Å². The summed E-state index contributed by atoms with van der Waals surface area (Å²) in [6.07, 6.45) is 7.08. The molecule has 0 aromatic heterocycles. The largest absolute Gasteiger partial charge is 0.466 e. The van der Waals surface area contributed by atoms with Crippen LogP contribution in [-0.2, 0) is 9.53 Å². The summed E-state index contributed by atoms with van der Waals surface area (Å²) in [6.45, 7) is 4.66. The van der Waals surface area contributed by atoms with Gasteiger partial charge in [0.25, 0.3) is 0 Å². The van der Waals surface area contributed by atoms with E-state index in [1.807, 2.05) is 6.92 Å². The Hall–Kier alpha value is -0.570. The first-order valence-electron chi connectivity index (χ1n) is 6.08. The number of unbranched alkanes of at least 4 members (excludes halogenated alkanes) is 4. The van der Waals surface area contributed by atoms with Crippen LogP contribution in [0.5, 0.6) is 0 Å². The Bertz CT molecular complexity index is 158. The van der Waals surface area contributed by atoms with E-state index in [1.54, 1.807) is 0 Å². The van der Waals surface area contributed by atoms with Gasteiger partial charge in [-0.1, -0.05) is 32.6 Å². The summed E-state index contributed by atoms with van der Waals surface area (Å²) in [4.78, 5) is 11.2. The van der Waals surface area contributed by atoms with E-state index in [0.29, 0.717) is 19.4 Å². The Labute approximate surface area is 93.4 Å². The Morgan fingerprint density at radius 1 is 1.27 bits per heavy atom. The van der Waals surface area contributed by atoms with Crippen molar-refractivity contribution in [2.24, 2.45) is 5.73 Å². The maximum Gasteiger partial charge on any atom is 0.305 e. The molecule has 0 aromatic carbocycles. The maximum absolute atomic E-state index is 11.2. The van der Waals surface area contributed by atoms with Crippen LogP contribution in [0, 0.1) is 0 Å². The lowest BCUT2D eigenvalue weighted by molar-refractivity contribution is -0.143. The summed E-state index contributed by atoms with van der Waals surface area (Å²) in [7, 11) is 0. The minimum atomic E-state index is -0.109. The van der Waals surface area contributed by atoms with E-state index in [4.69, 9.17) is 10.5 Å². The molecular formula is C12H25NO2. The highest BCUT2D eigenvalue weighted by atomic mass is 16.5. The lowest BCUT2D eigenvalue weighted by atomic mass is 10.2. The van der Waals surface area contributed by atoms with E-state index in [9.17, 15) is 4.79 Å². The monoisotopic (exact) mass is 215 g/mol. The van der Waals surface area contributed by atoms with Crippen molar-refractivity contribution in [3.05, 3.63) is 0 Å². The zero-order valence-electron chi connectivity index (χ0n) is 10.1. The van der Waals surface area contributed by atoms with Crippen molar-refractivity contribution in [2.75, 3.05) is 6.61 Å². The van der Waals surface area contributed by atoms with Crippen molar-refractivity contribution in [1.29, 1.82) is 0 Å². The van der Waals surface area contributed by atoms with Crippen LogP contribution < -0.4 is 5.73 Å². The van der Waals surface area contributed by atoms with Gasteiger partial charge in [0.1, 0.15) is 0 Å². The number of hydrogen-bond acceptors (Lipinski definition) is 3. The highest BCUT2D eigenvalue weighted by molar-refractivity contribution is 5.69. The first-order chi connectivity index (χ1) is 7.16. The number of nitrogens with two attached hydrogens (primary N) is 1. The van der Waals surface area contributed by atoms with Gasteiger partial charge in [-0.05, 0) is 19.8 Å². The normalized spacial score (nSPS) is 12.5. The lowest BCUT2D eigenvalue weighted by Gasteiger charge is -2.06. The van der Waals surface area contributed by atoms with Gasteiger partial charge < -0.3 is 10.5 Å². The SMILES string of the molecule is CCCCCCCOC(=O)CCC(C)N. The van der Waals surface area contributed by atoms with Crippen molar-refractivity contribution in [3.63, 3.8) is 0 Å². The maximum atomic E-state index is 11.2. The van der Waals surface area contributed by atoms with Crippen LogP contribution in [0.15, 0.2) is 0 Å². The molecule has 15 heavy (non-hydrogen) atoms. The second-order valence-electron chi connectivity index (χ2n) is 4.15. The molecule has 0 aliphatic carbocycles. The Morgan fingerprint density at radius 3 is 2.53 bits per heavy atom. The van der Waals surface area contributed by atoms with Gasteiger partial charge in [0.15, 0.2) is 0 Å². The first-order valence-corrected chi connectivity index (χ1v) is 6.08. The van der Waals surface area contributed by atoms with Crippen molar-refractivity contribution in [2.45, 2.75) is 64.8 Å². The standard InChI is InChI=1S/C12H25NO2/c1-3-4-5-6-7-10-15-12(14)9-8-11(2)13/h11H,3-10,13H2,1-2H3. The van der Waals surface area contributed by atoms with Crippen LogP contribution in [0.3, 0.4) is 0 Å². The summed E-state index contributed by atoms with van der Waals surface area (Å²) < 4.78 is 5.08. The molecule has 0 heterocycles. The van der Waals surface area contributed by atoms with E-state index in [0.717, 1.165) is 12.8 Å². The van der Waals surface area contributed by atoms with Gasteiger partial charge in [-0.25, -0.2) is 0 Å². The molecule has 1 unspecified atom stereocenters. The van der Waals surface area contributed by atoms with Crippen molar-refractivity contribution in [1.82, 2.24) is 0 Å². The van der Waals surface area contributed by atoms with Crippen LogP contribution in [0.1, 0.15) is 58.8 Å². The summed E-state index contributed by atoms with van der Waals surface area (Å²) in [5.74, 6) is -0.109. The molecule has 0 aliphatic rings. The summed E-state index contributed by atoms with van der Waals surface area (Å²) in [5, 5.41) is 0. The average Bonchev–Trinajstić information content (AvgIpc) is 2.20. The Kier molecular flexibility index (Phi) is 9.59. The van der Waals surface area contributed by atoms with E-state index >= 15 is 0 Å². The fourth-order valence-electron chi connectivity index (χ4n) is 1.31. The summed E-state index contributed by atoms with van der Waals surface area (Å²) >= 11 is 0. The molecule has 3 nitrogen and oxygen atoms in total. The molecule has 0 amide bonds. The molecule has 0 aliphatic heterocycles. The Morgan fingerprint density at radius 2 is 1.93 bits per heavy atom. The Balaban J connectivity index is 3.17. The van der Waals surface area contributed by atoms with Gasteiger partial charge in [0.05, 0.1) is 6.61 Å². The summed E-state index contributed by atoms with van der Waals surface area (Å²) in [6, 6.07) is 0.0853. The molecule has 0 saturated carbocycles. The van der Waals surface area contributed by atoms with E-state index < -0.39 is 0 Å². The van der Waals surface area contributed by atoms with Gasteiger partial charge in [-0.2, -0.15) is 0 Å². The minimum absolute atomic E-state index is 0.0853. The second-order valence-corrected chi connectivity index (χ2v) is 4.15. The van der Waals surface area contributed by atoms with Crippen molar-refractivity contribution >= 4 is 5.97 Å². The van der Waals surface area contributed by atoms with Crippen molar-refractivity contribution in [3.8, 4) is 0 Å². The van der Waals surface area contributed by atoms with Crippen molar-refractivity contribution < 1.29 is 9.53 Å². The quantitative estimate of drug-likeness (QED) is 0.475.